The lowest BCUT2D eigenvalue weighted by Gasteiger charge is -2.29. The van der Waals surface area contributed by atoms with Crippen molar-refractivity contribution in [2.45, 2.75) is 30.6 Å². The van der Waals surface area contributed by atoms with Gasteiger partial charge in [-0.15, -0.1) is 0 Å². The third-order valence-electron chi connectivity index (χ3n) is 3.80. The molecule has 0 bridgehead atoms. The van der Waals surface area contributed by atoms with Crippen molar-refractivity contribution in [2.24, 2.45) is 0 Å². The average molecular weight is 386 g/mol. The number of aryl methyl sites for hydroxylation is 1. The van der Waals surface area contributed by atoms with Gasteiger partial charge in [0.1, 0.15) is 0 Å². The normalized spacial score (nSPS) is 17.7. The van der Waals surface area contributed by atoms with Crippen molar-refractivity contribution in [3.8, 4) is 0 Å². The fourth-order valence-corrected chi connectivity index (χ4v) is 4.31. The van der Waals surface area contributed by atoms with Crippen LogP contribution in [-0.4, -0.2) is 36.0 Å². The molecule has 118 valence electrons. The first-order chi connectivity index (χ1) is 10.5. The highest BCUT2D eigenvalue weighted by molar-refractivity contribution is 9.10. The van der Waals surface area contributed by atoms with E-state index >= 15 is 0 Å². The number of hydrogen-bond donors (Lipinski definition) is 0. The molecule has 1 aliphatic heterocycles. The highest BCUT2D eigenvalue weighted by atomic mass is 79.9. The van der Waals surface area contributed by atoms with Gasteiger partial charge >= 0.3 is 0 Å². The van der Waals surface area contributed by atoms with Crippen LogP contribution in [0.2, 0.25) is 0 Å². The third-order valence-corrected chi connectivity index (χ3v) is 6.24. The molecule has 1 fully saturated rings. The van der Waals surface area contributed by atoms with Gasteiger partial charge in [-0.05, 0) is 44.0 Å². The van der Waals surface area contributed by atoms with E-state index in [4.69, 9.17) is 4.52 Å². The molecule has 0 aliphatic carbocycles. The second-order valence-electron chi connectivity index (χ2n) is 5.31. The Hall–Kier alpha value is -1.25. The van der Waals surface area contributed by atoms with E-state index in [0.717, 1.165) is 4.47 Å². The van der Waals surface area contributed by atoms with Crippen LogP contribution in [0.5, 0.6) is 0 Å². The highest BCUT2D eigenvalue weighted by Crippen LogP contribution is 2.30. The number of halogens is 1. The second kappa shape index (κ2) is 6.10. The Morgan fingerprint density at radius 1 is 1.23 bits per heavy atom. The molecule has 0 radical (unpaired) electrons. The van der Waals surface area contributed by atoms with Crippen LogP contribution in [0.3, 0.4) is 0 Å². The zero-order valence-electron chi connectivity index (χ0n) is 12.1. The predicted octanol–water partition coefficient (Wildman–Crippen LogP) is 2.71. The average Bonchev–Trinajstić information content (AvgIpc) is 2.94. The van der Waals surface area contributed by atoms with E-state index in [-0.39, 0.29) is 5.92 Å². The largest absolute Gasteiger partial charge is 0.339 e. The van der Waals surface area contributed by atoms with Crippen LogP contribution in [0.1, 0.15) is 30.5 Å². The number of piperidine rings is 1. The number of nitrogens with zero attached hydrogens (tertiary/aromatic N) is 3. The predicted molar refractivity (Wildman–Crippen MR) is 83.9 cm³/mol. The van der Waals surface area contributed by atoms with Crippen LogP contribution < -0.4 is 0 Å². The van der Waals surface area contributed by atoms with Crippen molar-refractivity contribution >= 4 is 26.0 Å². The summed E-state index contributed by atoms with van der Waals surface area (Å²) in [4.78, 5) is 4.56. The summed E-state index contributed by atoms with van der Waals surface area (Å²) in [5, 5.41) is 3.79. The number of rotatable bonds is 3. The van der Waals surface area contributed by atoms with Gasteiger partial charge in [0.05, 0.1) is 4.90 Å². The van der Waals surface area contributed by atoms with E-state index in [1.807, 2.05) is 0 Å². The molecule has 1 aromatic heterocycles. The lowest BCUT2D eigenvalue weighted by Crippen LogP contribution is -2.37. The summed E-state index contributed by atoms with van der Waals surface area (Å²) < 4.78 is 32.8. The molecule has 0 N–H and O–H groups in total. The topological polar surface area (TPSA) is 76.3 Å². The molecular formula is C14H16BrN3O3S. The van der Waals surface area contributed by atoms with Crippen LogP contribution in [-0.2, 0) is 10.0 Å². The minimum atomic E-state index is -3.43. The third kappa shape index (κ3) is 3.09. The molecule has 0 atom stereocenters. The van der Waals surface area contributed by atoms with E-state index in [0.29, 0.717) is 42.5 Å². The van der Waals surface area contributed by atoms with Gasteiger partial charge in [0, 0.05) is 23.5 Å². The van der Waals surface area contributed by atoms with Crippen LogP contribution in [0, 0.1) is 6.92 Å². The second-order valence-corrected chi connectivity index (χ2v) is 8.17. The van der Waals surface area contributed by atoms with Crippen molar-refractivity contribution in [3.05, 3.63) is 40.5 Å². The maximum atomic E-state index is 12.6. The minimum Gasteiger partial charge on any atom is -0.339 e. The maximum absolute atomic E-state index is 12.6. The van der Waals surface area contributed by atoms with Crippen LogP contribution in [0.15, 0.2) is 38.2 Å². The first-order valence-corrected chi connectivity index (χ1v) is 9.26. The van der Waals surface area contributed by atoms with Crippen molar-refractivity contribution in [1.29, 1.82) is 0 Å². The molecule has 3 rings (SSSR count). The molecule has 6 nitrogen and oxygen atoms in total. The zero-order valence-corrected chi connectivity index (χ0v) is 14.5. The summed E-state index contributed by atoms with van der Waals surface area (Å²) in [6, 6.07) is 6.71. The standard InChI is InChI=1S/C14H16BrN3O3S/c1-10-16-14(21-17-10)11-6-8-18(9-7-11)22(19,20)13-4-2-12(15)3-5-13/h2-5,11H,6-9H2,1H3. The van der Waals surface area contributed by atoms with E-state index in [2.05, 4.69) is 26.1 Å². The smallest absolute Gasteiger partial charge is 0.243 e. The number of hydrogen-bond acceptors (Lipinski definition) is 5. The Morgan fingerprint density at radius 2 is 1.86 bits per heavy atom. The van der Waals surface area contributed by atoms with Crippen LogP contribution in [0.4, 0.5) is 0 Å². The minimum absolute atomic E-state index is 0.137. The molecule has 22 heavy (non-hydrogen) atoms. The van der Waals surface area contributed by atoms with Gasteiger partial charge in [-0.25, -0.2) is 8.42 Å². The van der Waals surface area contributed by atoms with Crippen LogP contribution in [0.25, 0.3) is 0 Å². The molecule has 0 amide bonds. The van der Waals surface area contributed by atoms with Gasteiger partial charge < -0.3 is 4.52 Å². The Morgan fingerprint density at radius 3 is 2.41 bits per heavy atom. The van der Waals surface area contributed by atoms with Crippen LogP contribution >= 0.6 is 15.9 Å². The Bertz CT molecular complexity index is 750. The van der Waals surface area contributed by atoms with Gasteiger partial charge in [-0.1, -0.05) is 21.1 Å². The zero-order chi connectivity index (χ0) is 15.7. The summed E-state index contributed by atoms with van der Waals surface area (Å²) in [7, 11) is -3.43. The molecule has 0 spiro atoms. The van der Waals surface area contributed by atoms with Crippen molar-refractivity contribution in [1.82, 2.24) is 14.4 Å². The SMILES string of the molecule is Cc1noc(C2CCN(S(=O)(=O)c3ccc(Br)cc3)CC2)n1. The fraction of sp³-hybridized carbons (Fsp3) is 0.429. The summed E-state index contributed by atoms with van der Waals surface area (Å²) in [5.41, 5.74) is 0. The van der Waals surface area contributed by atoms with E-state index in [9.17, 15) is 8.42 Å². The lowest BCUT2D eigenvalue weighted by molar-refractivity contribution is 0.270. The summed E-state index contributed by atoms with van der Waals surface area (Å²) in [6.07, 6.45) is 1.38. The first kappa shape index (κ1) is 15.6. The summed E-state index contributed by atoms with van der Waals surface area (Å²) in [6.45, 7) is 2.70. The van der Waals surface area contributed by atoms with Gasteiger partial charge in [-0.3, -0.25) is 0 Å². The summed E-state index contributed by atoms with van der Waals surface area (Å²) >= 11 is 3.31. The van der Waals surface area contributed by atoms with Crippen molar-refractivity contribution in [2.75, 3.05) is 13.1 Å². The fourth-order valence-electron chi connectivity index (χ4n) is 2.58. The molecule has 2 aromatic rings. The Labute approximate surface area is 137 Å². The monoisotopic (exact) mass is 385 g/mol. The molecular weight excluding hydrogens is 370 g/mol. The number of benzene rings is 1. The van der Waals surface area contributed by atoms with E-state index in [1.165, 1.54) is 4.31 Å². The molecule has 8 heteroatoms. The quantitative estimate of drug-likeness (QED) is 0.811. The number of aromatic nitrogens is 2. The molecule has 1 saturated heterocycles. The summed E-state index contributed by atoms with van der Waals surface area (Å²) in [5.74, 6) is 1.36. The van der Waals surface area contributed by atoms with Crippen molar-refractivity contribution in [3.63, 3.8) is 0 Å². The molecule has 1 aromatic carbocycles. The van der Waals surface area contributed by atoms with Gasteiger partial charge in [0.15, 0.2) is 5.82 Å². The van der Waals surface area contributed by atoms with E-state index < -0.39 is 10.0 Å². The van der Waals surface area contributed by atoms with Gasteiger partial charge in [-0.2, -0.15) is 9.29 Å². The lowest BCUT2D eigenvalue weighted by atomic mass is 9.98. The number of sulfonamides is 1. The molecule has 2 heterocycles. The molecule has 0 unspecified atom stereocenters. The molecule has 0 saturated carbocycles. The van der Waals surface area contributed by atoms with Gasteiger partial charge in [0.25, 0.3) is 0 Å². The maximum Gasteiger partial charge on any atom is 0.243 e. The highest BCUT2D eigenvalue weighted by Gasteiger charge is 2.31. The first-order valence-electron chi connectivity index (χ1n) is 7.03. The van der Waals surface area contributed by atoms with E-state index in [1.54, 1.807) is 31.2 Å². The molecule has 1 aliphatic rings. The Balaban J connectivity index is 1.71. The van der Waals surface area contributed by atoms with Crippen molar-refractivity contribution < 1.29 is 12.9 Å². The van der Waals surface area contributed by atoms with Gasteiger partial charge in [0.2, 0.25) is 15.9 Å². The Kier molecular flexibility index (Phi) is 4.33.